The highest BCUT2D eigenvalue weighted by Gasteiger charge is 2.24. The summed E-state index contributed by atoms with van der Waals surface area (Å²) >= 11 is 0. The first kappa shape index (κ1) is 14.4. The third-order valence-electron chi connectivity index (χ3n) is 2.74. The normalized spacial score (nSPS) is 18.1. The summed E-state index contributed by atoms with van der Waals surface area (Å²) in [6, 6.07) is 5.51. The van der Waals surface area contributed by atoms with Gasteiger partial charge in [-0.3, -0.25) is 0 Å². The number of para-hydroxylation sites is 1. The van der Waals surface area contributed by atoms with Gasteiger partial charge in [0.15, 0.2) is 11.5 Å². The van der Waals surface area contributed by atoms with E-state index in [-0.39, 0.29) is 18.4 Å². The van der Waals surface area contributed by atoms with Gasteiger partial charge in [-0.05, 0) is 6.07 Å². The monoisotopic (exact) mass is 273 g/mol. The summed E-state index contributed by atoms with van der Waals surface area (Å²) in [5.74, 6) is 1.31. The SMILES string of the molecule is COc1cccc([C@H]2CCOC(=O)N2)c1OC.Cl. The summed E-state index contributed by atoms with van der Waals surface area (Å²) in [5.41, 5.74) is 0.906. The maximum absolute atomic E-state index is 11.2. The molecule has 1 fully saturated rings. The van der Waals surface area contributed by atoms with Gasteiger partial charge in [-0.1, -0.05) is 12.1 Å². The molecule has 0 radical (unpaired) electrons. The van der Waals surface area contributed by atoms with E-state index in [1.54, 1.807) is 14.2 Å². The molecule has 1 heterocycles. The molecule has 0 aromatic heterocycles. The molecule has 0 spiro atoms. The van der Waals surface area contributed by atoms with E-state index < -0.39 is 6.09 Å². The van der Waals surface area contributed by atoms with Crippen LogP contribution in [0.4, 0.5) is 4.79 Å². The van der Waals surface area contributed by atoms with E-state index in [1.807, 2.05) is 18.2 Å². The molecule has 0 saturated carbocycles. The molecule has 1 saturated heterocycles. The first-order valence-corrected chi connectivity index (χ1v) is 5.40. The van der Waals surface area contributed by atoms with Crippen LogP contribution in [0.25, 0.3) is 0 Å². The highest BCUT2D eigenvalue weighted by molar-refractivity contribution is 5.85. The number of alkyl carbamates (subject to hydrolysis) is 1. The van der Waals surface area contributed by atoms with Gasteiger partial charge in [0.2, 0.25) is 0 Å². The zero-order valence-corrected chi connectivity index (χ0v) is 11.1. The zero-order valence-electron chi connectivity index (χ0n) is 10.3. The summed E-state index contributed by atoms with van der Waals surface area (Å²) < 4.78 is 15.4. The van der Waals surface area contributed by atoms with Crippen LogP contribution in [-0.2, 0) is 4.74 Å². The summed E-state index contributed by atoms with van der Waals surface area (Å²) in [6.45, 7) is 0.414. The quantitative estimate of drug-likeness (QED) is 0.918. The number of halogens is 1. The van der Waals surface area contributed by atoms with Crippen LogP contribution in [-0.4, -0.2) is 26.9 Å². The number of hydrogen-bond donors (Lipinski definition) is 1. The molecule has 6 heteroatoms. The minimum atomic E-state index is -0.397. The van der Waals surface area contributed by atoms with E-state index in [0.717, 1.165) is 12.0 Å². The van der Waals surface area contributed by atoms with Crippen LogP contribution >= 0.6 is 12.4 Å². The highest BCUT2D eigenvalue weighted by atomic mass is 35.5. The van der Waals surface area contributed by atoms with E-state index in [4.69, 9.17) is 14.2 Å². The lowest BCUT2D eigenvalue weighted by Gasteiger charge is -2.25. The second-order valence-corrected chi connectivity index (χ2v) is 3.70. The second kappa shape index (κ2) is 6.35. The van der Waals surface area contributed by atoms with E-state index in [1.165, 1.54) is 0 Å². The lowest BCUT2D eigenvalue weighted by molar-refractivity contribution is 0.115. The molecule has 1 aliphatic rings. The molecule has 2 rings (SSSR count). The van der Waals surface area contributed by atoms with Gasteiger partial charge in [0.05, 0.1) is 26.9 Å². The third-order valence-corrected chi connectivity index (χ3v) is 2.74. The smallest absolute Gasteiger partial charge is 0.407 e. The number of rotatable bonds is 3. The fraction of sp³-hybridized carbons (Fsp3) is 0.417. The molecule has 1 amide bonds. The number of carbonyl (C=O) groups excluding carboxylic acids is 1. The first-order valence-electron chi connectivity index (χ1n) is 5.40. The van der Waals surface area contributed by atoms with Crippen molar-refractivity contribution in [1.82, 2.24) is 5.32 Å². The maximum atomic E-state index is 11.2. The standard InChI is InChI=1S/C12H15NO4.ClH/c1-15-10-5-3-4-8(11(10)16-2)9-6-7-17-12(14)13-9;/h3-5,9H,6-7H2,1-2H3,(H,13,14);1H/t9-;/m1./s1. The molecule has 5 nitrogen and oxygen atoms in total. The number of cyclic esters (lactones) is 1. The van der Waals surface area contributed by atoms with Gasteiger partial charge >= 0.3 is 6.09 Å². The predicted octanol–water partition coefficient (Wildman–Crippen LogP) is 2.30. The van der Waals surface area contributed by atoms with Crippen molar-refractivity contribution < 1.29 is 19.0 Å². The molecule has 1 aromatic carbocycles. The largest absolute Gasteiger partial charge is 0.493 e. The van der Waals surface area contributed by atoms with E-state index >= 15 is 0 Å². The van der Waals surface area contributed by atoms with Gasteiger partial charge in [0.1, 0.15) is 0 Å². The lowest BCUT2D eigenvalue weighted by atomic mass is 10.0. The van der Waals surface area contributed by atoms with E-state index in [0.29, 0.717) is 18.1 Å². The predicted molar refractivity (Wildman–Crippen MR) is 68.6 cm³/mol. The van der Waals surface area contributed by atoms with Crippen LogP contribution in [0.15, 0.2) is 18.2 Å². The van der Waals surface area contributed by atoms with Crippen LogP contribution in [0.5, 0.6) is 11.5 Å². The van der Waals surface area contributed by atoms with Gasteiger partial charge < -0.3 is 19.5 Å². The number of amides is 1. The highest BCUT2D eigenvalue weighted by Crippen LogP contribution is 2.36. The molecule has 0 unspecified atom stereocenters. The van der Waals surface area contributed by atoms with Crippen molar-refractivity contribution in [3.05, 3.63) is 23.8 Å². The fourth-order valence-corrected chi connectivity index (χ4v) is 1.95. The van der Waals surface area contributed by atoms with Gasteiger partial charge in [-0.2, -0.15) is 0 Å². The molecule has 0 bridgehead atoms. The molecule has 1 aliphatic heterocycles. The number of nitrogens with one attached hydrogen (secondary N) is 1. The Labute approximate surface area is 112 Å². The third kappa shape index (κ3) is 2.79. The number of carbonyl (C=O) groups is 1. The summed E-state index contributed by atoms with van der Waals surface area (Å²) in [7, 11) is 3.17. The molecule has 100 valence electrons. The van der Waals surface area contributed by atoms with Crippen molar-refractivity contribution in [2.45, 2.75) is 12.5 Å². The number of benzene rings is 1. The maximum Gasteiger partial charge on any atom is 0.407 e. The van der Waals surface area contributed by atoms with E-state index in [9.17, 15) is 4.79 Å². The summed E-state index contributed by atoms with van der Waals surface area (Å²) in [4.78, 5) is 11.2. The molecular weight excluding hydrogens is 258 g/mol. The Morgan fingerprint density at radius 3 is 2.72 bits per heavy atom. The fourth-order valence-electron chi connectivity index (χ4n) is 1.95. The Kier molecular flexibility index (Phi) is 5.09. The Morgan fingerprint density at radius 1 is 1.33 bits per heavy atom. The molecule has 1 aromatic rings. The van der Waals surface area contributed by atoms with Gasteiger partial charge in [-0.25, -0.2) is 4.79 Å². The van der Waals surface area contributed by atoms with Gasteiger partial charge in [0, 0.05) is 12.0 Å². The summed E-state index contributed by atoms with van der Waals surface area (Å²) in [5, 5.41) is 2.76. The molecular formula is C12H16ClNO4. The minimum Gasteiger partial charge on any atom is -0.493 e. The van der Waals surface area contributed by atoms with Crippen LogP contribution in [0.1, 0.15) is 18.0 Å². The summed E-state index contributed by atoms with van der Waals surface area (Å²) in [6.07, 6.45) is 0.320. The Hall–Kier alpha value is -1.62. The zero-order chi connectivity index (χ0) is 12.3. The van der Waals surface area contributed by atoms with Crippen molar-refractivity contribution in [2.24, 2.45) is 0 Å². The number of ether oxygens (including phenoxy) is 3. The average molecular weight is 274 g/mol. The Morgan fingerprint density at radius 2 is 2.11 bits per heavy atom. The van der Waals surface area contributed by atoms with Crippen molar-refractivity contribution >= 4 is 18.5 Å². The Bertz CT molecular complexity index is 425. The van der Waals surface area contributed by atoms with E-state index in [2.05, 4.69) is 5.32 Å². The van der Waals surface area contributed by atoms with Crippen LogP contribution < -0.4 is 14.8 Å². The average Bonchev–Trinajstić information content (AvgIpc) is 2.37. The van der Waals surface area contributed by atoms with Crippen molar-refractivity contribution in [3.8, 4) is 11.5 Å². The lowest BCUT2D eigenvalue weighted by Crippen LogP contribution is -2.35. The number of hydrogen-bond acceptors (Lipinski definition) is 4. The Balaban J connectivity index is 0.00000162. The molecule has 18 heavy (non-hydrogen) atoms. The second-order valence-electron chi connectivity index (χ2n) is 3.70. The molecule has 1 atom stereocenters. The van der Waals surface area contributed by atoms with Crippen LogP contribution in [0.3, 0.4) is 0 Å². The molecule has 1 N–H and O–H groups in total. The van der Waals surface area contributed by atoms with Gasteiger partial charge in [-0.15, -0.1) is 12.4 Å². The topological polar surface area (TPSA) is 56.8 Å². The first-order chi connectivity index (χ1) is 8.26. The van der Waals surface area contributed by atoms with Crippen molar-refractivity contribution in [1.29, 1.82) is 0 Å². The van der Waals surface area contributed by atoms with Crippen LogP contribution in [0.2, 0.25) is 0 Å². The van der Waals surface area contributed by atoms with Crippen LogP contribution in [0, 0.1) is 0 Å². The van der Waals surface area contributed by atoms with Crippen molar-refractivity contribution in [3.63, 3.8) is 0 Å². The van der Waals surface area contributed by atoms with Gasteiger partial charge in [0.25, 0.3) is 0 Å². The van der Waals surface area contributed by atoms with Crippen molar-refractivity contribution in [2.75, 3.05) is 20.8 Å². The number of methoxy groups -OCH3 is 2. The molecule has 0 aliphatic carbocycles. The minimum absolute atomic E-state index is 0.